The SMILES string of the molecule is CC(C)=CCCN1CCCNCC1. The van der Waals surface area contributed by atoms with Crippen molar-refractivity contribution in [2.24, 2.45) is 0 Å². The molecule has 0 radical (unpaired) electrons. The van der Waals surface area contributed by atoms with Gasteiger partial charge in [-0.1, -0.05) is 11.6 Å². The van der Waals surface area contributed by atoms with Crippen molar-refractivity contribution in [2.75, 3.05) is 32.7 Å². The van der Waals surface area contributed by atoms with E-state index in [-0.39, 0.29) is 0 Å². The predicted octanol–water partition coefficient (Wildman–Crippen LogP) is 1.64. The molecule has 0 saturated carbocycles. The second-order valence-electron chi connectivity index (χ2n) is 4.02. The molecule has 13 heavy (non-hydrogen) atoms. The van der Waals surface area contributed by atoms with E-state index in [9.17, 15) is 0 Å². The summed E-state index contributed by atoms with van der Waals surface area (Å²) in [6.07, 6.45) is 4.84. The summed E-state index contributed by atoms with van der Waals surface area (Å²) in [7, 11) is 0. The van der Waals surface area contributed by atoms with E-state index in [1.807, 2.05) is 0 Å². The van der Waals surface area contributed by atoms with Crippen LogP contribution in [0.3, 0.4) is 0 Å². The number of nitrogens with one attached hydrogen (secondary N) is 1. The van der Waals surface area contributed by atoms with Gasteiger partial charge in [0.2, 0.25) is 0 Å². The third-order valence-corrected chi connectivity index (χ3v) is 2.43. The number of hydrogen-bond donors (Lipinski definition) is 1. The van der Waals surface area contributed by atoms with Crippen molar-refractivity contribution in [3.63, 3.8) is 0 Å². The van der Waals surface area contributed by atoms with Gasteiger partial charge < -0.3 is 10.2 Å². The zero-order chi connectivity index (χ0) is 9.52. The van der Waals surface area contributed by atoms with Crippen LogP contribution in [0.1, 0.15) is 26.7 Å². The van der Waals surface area contributed by atoms with Gasteiger partial charge in [0.25, 0.3) is 0 Å². The highest BCUT2D eigenvalue weighted by Gasteiger charge is 2.06. The summed E-state index contributed by atoms with van der Waals surface area (Å²) < 4.78 is 0. The lowest BCUT2D eigenvalue weighted by Gasteiger charge is -2.18. The molecule has 0 aromatic rings. The van der Waals surface area contributed by atoms with Crippen molar-refractivity contribution in [1.29, 1.82) is 0 Å². The fourth-order valence-electron chi connectivity index (χ4n) is 1.66. The molecule has 1 saturated heterocycles. The maximum atomic E-state index is 3.42. The second kappa shape index (κ2) is 6.17. The lowest BCUT2D eigenvalue weighted by atomic mass is 10.2. The molecule has 1 N–H and O–H groups in total. The molecule has 1 aliphatic rings. The Bertz CT molecular complexity index is 151. The predicted molar refractivity (Wildman–Crippen MR) is 58.0 cm³/mol. The largest absolute Gasteiger partial charge is 0.315 e. The summed E-state index contributed by atoms with van der Waals surface area (Å²) in [5.41, 5.74) is 1.44. The van der Waals surface area contributed by atoms with Crippen molar-refractivity contribution >= 4 is 0 Å². The molecule has 2 heteroatoms. The molecule has 2 nitrogen and oxygen atoms in total. The Balaban J connectivity index is 2.15. The monoisotopic (exact) mass is 182 g/mol. The zero-order valence-corrected chi connectivity index (χ0v) is 8.97. The van der Waals surface area contributed by atoms with Gasteiger partial charge in [0.05, 0.1) is 0 Å². The smallest absolute Gasteiger partial charge is 0.0107 e. The molecule has 0 aromatic heterocycles. The summed E-state index contributed by atoms with van der Waals surface area (Å²) in [5, 5.41) is 3.42. The lowest BCUT2D eigenvalue weighted by molar-refractivity contribution is 0.298. The van der Waals surface area contributed by atoms with Gasteiger partial charge in [0.1, 0.15) is 0 Å². The maximum absolute atomic E-state index is 3.42. The quantitative estimate of drug-likeness (QED) is 0.667. The van der Waals surface area contributed by atoms with E-state index < -0.39 is 0 Å². The fourth-order valence-corrected chi connectivity index (χ4v) is 1.66. The van der Waals surface area contributed by atoms with Crippen LogP contribution in [-0.4, -0.2) is 37.6 Å². The van der Waals surface area contributed by atoms with E-state index in [1.54, 1.807) is 0 Å². The first-order chi connectivity index (χ1) is 6.29. The van der Waals surface area contributed by atoms with Crippen LogP contribution < -0.4 is 5.32 Å². The topological polar surface area (TPSA) is 15.3 Å². The van der Waals surface area contributed by atoms with E-state index in [1.165, 1.54) is 44.6 Å². The van der Waals surface area contributed by atoms with Gasteiger partial charge in [-0.15, -0.1) is 0 Å². The zero-order valence-electron chi connectivity index (χ0n) is 8.97. The van der Waals surface area contributed by atoms with Crippen LogP contribution in [0.4, 0.5) is 0 Å². The minimum Gasteiger partial charge on any atom is -0.315 e. The van der Waals surface area contributed by atoms with Crippen LogP contribution in [0.25, 0.3) is 0 Å². The van der Waals surface area contributed by atoms with Crippen molar-refractivity contribution in [3.05, 3.63) is 11.6 Å². The third kappa shape index (κ3) is 5.06. The average Bonchev–Trinajstić information content (AvgIpc) is 2.32. The van der Waals surface area contributed by atoms with E-state index in [0.717, 1.165) is 6.54 Å². The van der Waals surface area contributed by atoms with Crippen LogP contribution in [0, 0.1) is 0 Å². The van der Waals surface area contributed by atoms with Gasteiger partial charge in [-0.25, -0.2) is 0 Å². The van der Waals surface area contributed by atoms with Gasteiger partial charge in [0.15, 0.2) is 0 Å². The minimum atomic E-state index is 1.16. The van der Waals surface area contributed by atoms with E-state index in [2.05, 4.69) is 30.1 Å². The Morgan fingerprint density at radius 3 is 2.92 bits per heavy atom. The van der Waals surface area contributed by atoms with Crippen LogP contribution in [-0.2, 0) is 0 Å². The first-order valence-electron chi connectivity index (χ1n) is 5.35. The fraction of sp³-hybridized carbons (Fsp3) is 0.818. The molecular formula is C11H22N2. The van der Waals surface area contributed by atoms with E-state index in [0.29, 0.717) is 0 Å². The summed E-state index contributed by atoms with van der Waals surface area (Å²) in [6, 6.07) is 0. The third-order valence-electron chi connectivity index (χ3n) is 2.43. The van der Waals surface area contributed by atoms with Gasteiger partial charge in [-0.05, 0) is 39.8 Å². The van der Waals surface area contributed by atoms with Gasteiger partial charge in [-0.2, -0.15) is 0 Å². The van der Waals surface area contributed by atoms with Gasteiger partial charge in [-0.3, -0.25) is 0 Å². The highest BCUT2D eigenvalue weighted by molar-refractivity contribution is 4.93. The maximum Gasteiger partial charge on any atom is 0.0107 e. The molecule has 0 atom stereocenters. The first-order valence-corrected chi connectivity index (χ1v) is 5.35. The molecule has 0 aromatic carbocycles. The van der Waals surface area contributed by atoms with Crippen molar-refractivity contribution in [2.45, 2.75) is 26.7 Å². The minimum absolute atomic E-state index is 1.16. The summed E-state index contributed by atoms with van der Waals surface area (Å²) in [4.78, 5) is 2.56. The van der Waals surface area contributed by atoms with Crippen molar-refractivity contribution < 1.29 is 0 Å². The first kappa shape index (κ1) is 10.7. The normalized spacial score (nSPS) is 19.5. The number of hydrogen-bond acceptors (Lipinski definition) is 2. The van der Waals surface area contributed by atoms with E-state index in [4.69, 9.17) is 0 Å². The van der Waals surface area contributed by atoms with Crippen LogP contribution in [0.2, 0.25) is 0 Å². The summed E-state index contributed by atoms with van der Waals surface area (Å²) in [5.74, 6) is 0. The second-order valence-corrected chi connectivity index (χ2v) is 4.02. The molecule has 0 unspecified atom stereocenters. The molecule has 1 heterocycles. The number of rotatable bonds is 3. The Hall–Kier alpha value is -0.340. The van der Waals surface area contributed by atoms with Crippen LogP contribution in [0.15, 0.2) is 11.6 Å². The Labute approximate surface area is 82.0 Å². The van der Waals surface area contributed by atoms with Crippen molar-refractivity contribution in [1.82, 2.24) is 10.2 Å². The van der Waals surface area contributed by atoms with E-state index >= 15 is 0 Å². The molecule has 1 rings (SSSR count). The lowest BCUT2D eigenvalue weighted by Crippen LogP contribution is -2.28. The highest BCUT2D eigenvalue weighted by atomic mass is 15.1. The highest BCUT2D eigenvalue weighted by Crippen LogP contribution is 1.99. The molecule has 0 bridgehead atoms. The molecular weight excluding hydrogens is 160 g/mol. The standard InChI is InChI=1S/C11H22N2/c1-11(2)5-3-8-13-9-4-6-12-7-10-13/h5,12H,3-4,6-10H2,1-2H3. The molecule has 76 valence electrons. The average molecular weight is 182 g/mol. The molecule has 0 spiro atoms. The van der Waals surface area contributed by atoms with Gasteiger partial charge >= 0.3 is 0 Å². The summed E-state index contributed by atoms with van der Waals surface area (Å²) in [6.45, 7) is 10.4. The molecule has 1 aliphatic heterocycles. The molecule has 0 amide bonds. The summed E-state index contributed by atoms with van der Waals surface area (Å²) >= 11 is 0. The van der Waals surface area contributed by atoms with Gasteiger partial charge in [0, 0.05) is 19.6 Å². The molecule has 0 aliphatic carbocycles. The van der Waals surface area contributed by atoms with Crippen molar-refractivity contribution in [3.8, 4) is 0 Å². The van der Waals surface area contributed by atoms with Crippen LogP contribution >= 0.6 is 0 Å². The Kier molecular flexibility index (Phi) is 5.09. The number of allylic oxidation sites excluding steroid dienone is 1. The Morgan fingerprint density at radius 2 is 2.15 bits per heavy atom. The Morgan fingerprint density at radius 1 is 1.31 bits per heavy atom. The molecule has 1 fully saturated rings. The number of nitrogens with zero attached hydrogens (tertiary/aromatic N) is 1. The van der Waals surface area contributed by atoms with Crippen LogP contribution in [0.5, 0.6) is 0 Å².